The Balaban J connectivity index is 1.54. The minimum atomic E-state index is -1.02. The summed E-state index contributed by atoms with van der Waals surface area (Å²) in [6.45, 7) is 0.461. The maximum Gasteiger partial charge on any atom is 0.340 e. The van der Waals surface area contributed by atoms with E-state index in [2.05, 4.69) is 5.32 Å². The predicted molar refractivity (Wildman–Crippen MR) is 120 cm³/mol. The Morgan fingerprint density at radius 1 is 0.912 bits per heavy atom. The summed E-state index contributed by atoms with van der Waals surface area (Å²) in [5.74, 6) is -4.06. The van der Waals surface area contributed by atoms with Crippen molar-refractivity contribution in [2.45, 2.75) is 6.92 Å². The molecule has 0 unspecified atom stereocenters. The molecule has 170 valence electrons. The summed E-state index contributed by atoms with van der Waals surface area (Å²) in [6.07, 6.45) is 0. The Morgan fingerprint density at radius 3 is 2.21 bits per heavy atom. The SMILES string of the molecule is CC(=O)Nc1ccc(C(=O)COC(=O)c2ccc3c(c2Cl)C(=O)c2ccccc2C3=O)c(F)c1. The molecule has 1 aliphatic rings. The van der Waals surface area contributed by atoms with Crippen LogP contribution in [0.25, 0.3) is 0 Å². The zero-order valence-corrected chi connectivity index (χ0v) is 18.4. The lowest BCUT2D eigenvalue weighted by Gasteiger charge is -2.19. The predicted octanol–water partition coefficient (Wildman–Crippen LogP) is 4.25. The van der Waals surface area contributed by atoms with Crippen molar-refractivity contribution in [3.63, 3.8) is 0 Å². The summed E-state index contributed by atoms with van der Waals surface area (Å²) >= 11 is 6.31. The van der Waals surface area contributed by atoms with Gasteiger partial charge in [-0.2, -0.15) is 0 Å². The van der Waals surface area contributed by atoms with E-state index < -0.39 is 41.7 Å². The lowest BCUT2D eigenvalue weighted by molar-refractivity contribution is -0.114. The quantitative estimate of drug-likeness (QED) is 0.339. The van der Waals surface area contributed by atoms with Gasteiger partial charge in [0.1, 0.15) is 5.82 Å². The van der Waals surface area contributed by atoms with E-state index in [-0.39, 0.29) is 44.1 Å². The third-order valence-corrected chi connectivity index (χ3v) is 5.57. The number of fused-ring (bicyclic) bond motifs is 2. The Hall–Kier alpha value is -4.17. The number of hydrogen-bond acceptors (Lipinski definition) is 6. The van der Waals surface area contributed by atoms with Gasteiger partial charge in [0, 0.05) is 29.3 Å². The number of esters is 1. The molecule has 3 aromatic rings. The molecule has 0 atom stereocenters. The molecule has 4 rings (SSSR count). The van der Waals surface area contributed by atoms with E-state index in [4.69, 9.17) is 16.3 Å². The smallest absolute Gasteiger partial charge is 0.340 e. The number of rotatable bonds is 5. The van der Waals surface area contributed by atoms with Crippen molar-refractivity contribution in [1.29, 1.82) is 0 Å². The molecule has 9 heteroatoms. The molecule has 0 heterocycles. The summed E-state index contributed by atoms with van der Waals surface area (Å²) in [4.78, 5) is 61.7. The molecule has 3 aromatic carbocycles. The van der Waals surface area contributed by atoms with Crippen LogP contribution in [0.4, 0.5) is 10.1 Å². The third-order valence-electron chi connectivity index (χ3n) is 5.17. The second kappa shape index (κ2) is 8.99. The van der Waals surface area contributed by atoms with Crippen LogP contribution in [0.5, 0.6) is 0 Å². The van der Waals surface area contributed by atoms with Gasteiger partial charge in [0.15, 0.2) is 18.2 Å². The highest BCUT2D eigenvalue weighted by molar-refractivity contribution is 6.41. The molecule has 1 amide bonds. The van der Waals surface area contributed by atoms with Crippen LogP contribution in [0.15, 0.2) is 54.6 Å². The van der Waals surface area contributed by atoms with E-state index in [0.29, 0.717) is 0 Å². The Bertz CT molecular complexity index is 1410. The Morgan fingerprint density at radius 2 is 1.56 bits per heavy atom. The molecular formula is C25H15ClFNO6. The zero-order valence-electron chi connectivity index (χ0n) is 17.6. The first-order chi connectivity index (χ1) is 16.2. The average Bonchev–Trinajstić information content (AvgIpc) is 2.80. The fourth-order valence-electron chi connectivity index (χ4n) is 3.61. The van der Waals surface area contributed by atoms with E-state index in [1.54, 1.807) is 12.1 Å². The van der Waals surface area contributed by atoms with Crippen molar-refractivity contribution in [3.05, 3.63) is 98.8 Å². The molecule has 0 aromatic heterocycles. The van der Waals surface area contributed by atoms with Crippen LogP contribution in [0.3, 0.4) is 0 Å². The summed E-state index contributed by atoms with van der Waals surface area (Å²) < 4.78 is 19.2. The maximum absolute atomic E-state index is 14.2. The van der Waals surface area contributed by atoms with Crippen LogP contribution in [0.1, 0.15) is 59.5 Å². The molecule has 7 nitrogen and oxygen atoms in total. The van der Waals surface area contributed by atoms with E-state index in [9.17, 15) is 28.4 Å². The first-order valence-electron chi connectivity index (χ1n) is 9.97. The summed E-state index contributed by atoms with van der Waals surface area (Å²) in [7, 11) is 0. The topological polar surface area (TPSA) is 107 Å². The first-order valence-corrected chi connectivity index (χ1v) is 10.3. The minimum Gasteiger partial charge on any atom is -0.454 e. The number of amides is 1. The monoisotopic (exact) mass is 479 g/mol. The molecular weight excluding hydrogens is 465 g/mol. The zero-order chi connectivity index (χ0) is 24.6. The van der Waals surface area contributed by atoms with Crippen LogP contribution in [0.2, 0.25) is 5.02 Å². The number of ether oxygens (including phenoxy) is 1. The molecule has 0 radical (unpaired) electrons. The number of halogens is 2. The maximum atomic E-state index is 14.2. The van der Waals surface area contributed by atoms with Gasteiger partial charge < -0.3 is 10.1 Å². The highest BCUT2D eigenvalue weighted by atomic mass is 35.5. The van der Waals surface area contributed by atoms with Gasteiger partial charge in [-0.05, 0) is 30.3 Å². The highest BCUT2D eigenvalue weighted by Crippen LogP contribution is 2.34. The van der Waals surface area contributed by atoms with Gasteiger partial charge in [0.2, 0.25) is 11.7 Å². The molecule has 0 spiro atoms. The summed E-state index contributed by atoms with van der Waals surface area (Å²) in [5, 5.41) is 2.12. The van der Waals surface area contributed by atoms with E-state index in [0.717, 1.165) is 12.1 Å². The van der Waals surface area contributed by atoms with Crippen LogP contribution in [-0.4, -0.2) is 35.8 Å². The lowest BCUT2D eigenvalue weighted by Crippen LogP contribution is -2.23. The van der Waals surface area contributed by atoms with Gasteiger partial charge in [-0.1, -0.05) is 35.9 Å². The van der Waals surface area contributed by atoms with Crippen molar-refractivity contribution in [1.82, 2.24) is 0 Å². The number of benzene rings is 3. The minimum absolute atomic E-state index is 0.0580. The van der Waals surface area contributed by atoms with Gasteiger partial charge in [-0.15, -0.1) is 0 Å². The number of hydrogen-bond donors (Lipinski definition) is 1. The van der Waals surface area contributed by atoms with Crippen molar-refractivity contribution in [3.8, 4) is 0 Å². The number of anilines is 1. The second-order valence-electron chi connectivity index (χ2n) is 7.43. The van der Waals surface area contributed by atoms with Crippen molar-refractivity contribution >= 4 is 46.5 Å². The standard InChI is InChI=1S/C25H15ClFNO6/c1-12(29)28-13-6-7-16(19(27)10-13)20(30)11-34-25(33)18-9-8-17-21(22(18)26)24(32)15-5-3-2-4-14(15)23(17)31/h2-10H,11H2,1H3,(H,28,29). The van der Waals surface area contributed by atoms with Gasteiger partial charge >= 0.3 is 5.97 Å². The Kier molecular flexibility index (Phi) is 6.08. The molecule has 34 heavy (non-hydrogen) atoms. The van der Waals surface area contributed by atoms with E-state index in [1.807, 2.05) is 0 Å². The molecule has 1 N–H and O–H groups in total. The number of Topliss-reactive ketones (excluding diaryl/α,β-unsaturated/α-hetero) is 1. The number of carbonyl (C=O) groups excluding carboxylic acids is 5. The summed E-state index contributed by atoms with van der Waals surface area (Å²) in [5.41, 5.74) is -0.0380. The van der Waals surface area contributed by atoms with Gasteiger partial charge in [-0.3, -0.25) is 19.2 Å². The van der Waals surface area contributed by atoms with Crippen LogP contribution in [0, 0.1) is 5.82 Å². The number of ketones is 3. The Labute approximate surface area is 197 Å². The molecule has 1 aliphatic carbocycles. The lowest BCUT2D eigenvalue weighted by atomic mass is 9.83. The first kappa shape index (κ1) is 23.0. The molecule has 0 saturated heterocycles. The average molecular weight is 480 g/mol. The number of nitrogens with one attached hydrogen (secondary N) is 1. The van der Waals surface area contributed by atoms with Crippen LogP contribution >= 0.6 is 11.6 Å². The highest BCUT2D eigenvalue weighted by Gasteiger charge is 2.33. The fourth-order valence-corrected chi connectivity index (χ4v) is 3.94. The third kappa shape index (κ3) is 4.11. The van der Waals surface area contributed by atoms with E-state index >= 15 is 0 Å². The van der Waals surface area contributed by atoms with Crippen LogP contribution < -0.4 is 5.32 Å². The van der Waals surface area contributed by atoms with Crippen LogP contribution in [-0.2, 0) is 9.53 Å². The van der Waals surface area contributed by atoms with Crippen molar-refractivity contribution in [2.24, 2.45) is 0 Å². The fraction of sp³-hybridized carbons (Fsp3) is 0.0800. The molecule has 0 fully saturated rings. The van der Waals surface area contributed by atoms with Gasteiger partial charge in [-0.25, -0.2) is 9.18 Å². The van der Waals surface area contributed by atoms with Gasteiger partial charge in [0.05, 0.1) is 21.7 Å². The van der Waals surface area contributed by atoms with Crippen molar-refractivity contribution < 1.29 is 33.1 Å². The van der Waals surface area contributed by atoms with Crippen molar-refractivity contribution in [2.75, 3.05) is 11.9 Å². The second-order valence-corrected chi connectivity index (χ2v) is 7.81. The molecule has 0 saturated carbocycles. The molecule has 0 aliphatic heterocycles. The largest absolute Gasteiger partial charge is 0.454 e. The van der Waals surface area contributed by atoms with Gasteiger partial charge in [0.25, 0.3) is 0 Å². The summed E-state index contributed by atoms with van der Waals surface area (Å²) in [6, 6.07) is 12.3. The van der Waals surface area contributed by atoms with E-state index in [1.165, 1.54) is 37.3 Å². The normalized spacial score (nSPS) is 12.0. The number of carbonyl (C=O) groups is 5. The molecule has 0 bridgehead atoms.